The maximum absolute atomic E-state index is 11.3. The molecule has 0 saturated carbocycles. The van der Waals surface area contributed by atoms with Gasteiger partial charge in [0.25, 0.3) is 0 Å². The van der Waals surface area contributed by atoms with Crippen molar-refractivity contribution in [2.75, 3.05) is 19.6 Å². The molecule has 0 rings (SSSR count). The van der Waals surface area contributed by atoms with Crippen molar-refractivity contribution in [3.63, 3.8) is 0 Å². The van der Waals surface area contributed by atoms with Crippen LogP contribution in [0.2, 0.25) is 0 Å². The molecule has 0 aromatic heterocycles. The molecule has 2 amide bonds. The summed E-state index contributed by atoms with van der Waals surface area (Å²) < 4.78 is 0. The molecule has 7 heteroatoms. The first-order chi connectivity index (χ1) is 11.3. The molecule has 0 aliphatic carbocycles. The predicted molar refractivity (Wildman–Crippen MR) is 93.2 cm³/mol. The molecular formula is C17H27N3O4. The Labute approximate surface area is 142 Å². The summed E-state index contributed by atoms with van der Waals surface area (Å²) in [5.74, 6) is -1.43. The standard InChI is InChI=1S/C17H27N3O4/c1-5-15(21)19-9-6-8-14(13(4)17(23)24)18-10-7-11-20-16(22)12(2)3/h5,18H,1-2,6-11H2,3-4H3,(H,19,21)(H,20,22)(H,23,24). The molecule has 24 heavy (non-hydrogen) atoms. The van der Waals surface area contributed by atoms with E-state index in [0.717, 1.165) is 0 Å². The van der Waals surface area contributed by atoms with Gasteiger partial charge >= 0.3 is 5.97 Å². The van der Waals surface area contributed by atoms with Crippen molar-refractivity contribution in [1.82, 2.24) is 16.0 Å². The van der Waals surface area contributed by atoms with E-state index in [1.807, 2.05) is 0 Å². The van der Waals surface area contributed by atoms with Crippen molar-refractivity contribution in [2.24, 2.45) is 0 Å². The van der Waals surface area contributed by atoms with Crippen LogP contribution in [-0.2, 0) is 14.4 Å². The zero-order valence-electron chi connectivity index (χ0n) is 14.4. The van der Waals surface area contributed by atoms with Crippen molar-refractivity contribution in [3.05, 3.63) is 36.1 Å². The van der Waals surface area contributed by atoms with E-state index < -0.39 is 5.97 Å². The second kappa shape index (κ2) is 11.9. The minimum absolute atomic E-state index is 0.189. The second-order valence-corrected chi connectivity index (χ2v) is 5.32. The quantitative estimate of drug-likeness (QED) is 0.315. The molecule has 0 aromatic rings. The van der Waals surface area contributed by atoms with E-state index in [0.29, 0.717) is 50.2 Å². The molecule has 0 bridgehead atoms. The number of carbonyl (C=O) groups excluding carboxylic acids is 2. The average molecular weight is 337 g/mol. The number of rotatable bonds is 12. The summed E-state index contributed by atoms with van der Waals surface area (Å²) in [6.07, 6.45) is 2.96. The Balaban J connectivity index is 4.29. The SMILES string of the molecule is C=CC(=O)NCCCC(NCCCNC(=O)C(=C)C)=C(C)C(=O)O. The largest absolute Gasteiger partial charge is 0.478 e. The summed E-state index contributed by atoms with van der Waals surface area (Å²) in [5.41, 5.74) is 1.32. The summed E-state index contributed by atoms with van der Waals surface area (Å²) in [6.45, 7) is 11.5. The van der Waals surface area contributed by atoms with Crippen molar-refractivity contribution >= 4 is 17.8 Å². The van der Waals surface area contributed by atoms with E-state index in [9.17, 15) is 14.4 Å². The van der Waals surface area contributed by atoms with Gasteiger partial charge in [0.05, 0.1) is 5.57 Å². The molecule has 0 spiro atoms. The highest BCUT2D eigenvalue weighted by Gasteiger charge is 2.09. The maximum Gasteiger partial charge on any atom is 0.333 e. The average Bonchev–Trinajstić information content (AvgIpc) is 2.54. The lowest BCUT2D eigenvalue weighted by molar-refractivity contribution is -0.132. The van der Waals surface area contributed by atoms with Gasteiger partial charge in [-0.3, -0.25) is 9.59 Å². The lowest BCUT2D eigenvalue weighted by Crippen LogP contribution is -2.28. The highest BCUT2D eigenvalue weighted by atomic mass is 16.4. The lowest BCUT2D eigenvalue weighted by atomic mass is 10.1. The number of hydrogen-bond donors (Lipinski definition) is 4. The third-order valence-corrected chi connectivity index (χ3v) is 3.23. The Morgan fingerprint density at radius 3 is 2.12 bits per heavy atom. The fourth-order valence-corrected chi connectivity index (χ4v) is 1.77. The Morgan fingerprint density at radius 2 is 1.58 bits per heavy atom. The smallest absolute Gasteiger partial charge is 0.333 e. The zero-order valence-corrected chi connectivity index (χ0v) is 14.4. The minimum atomic E-state index is -0.983. The number of amides is 2. The molecular weight excluding hydrogens is 310 g/mol. The van der Waals surface area contributed by atoms with E-state index in [1.165, 1.54) is 13.0 Å². The van der Waals surface area contributed by atoms with Crippen molar-refractivity contribution < 1.29 is 19.5 Å². The van der Waals surface area contributed by atoms with E-state index >= 15 is 0 Å². The summed E-state index contributed by atoms with van der Waals surface area (Å²) >= 11 is 0. The van der Waals surface area contributed by atoms with Crippen molar-refractivity contribution in [1.29, 1.82) is 0 Å². The number of aliphatic carboxylic acids is 1. The summed E-state index contributed by atoms with van der Waals surface area (Å²) in [5, 5.41) is 17.6. The van der Waals surface area contributed by atoms with E-state index in [-0.39, 0.29) is 17.4 Å². The normalized spacial score (nSPS) is 11.1. The third-order valence-electron chi connectivity index (χ3n) is 3.23. The molecule has 134 valence electrons. The molecule has 0 fully saturated rings. The van der Waals surface area contributed by atoms with E-state index in [2.05, 4.69) is 29.1 Å². The van der Waals surface area contributed by atoms with Crippen LogP contribution < -0.4 is 16.0 Å². The summed E-state index contributed by atoms with van der Waals surface area (Å²) in [4.78, 5) is 33.5. The highest BCUT2D eigenvalue weighted by Crippen LogP contribution is 2.08. The molecule has 0 heterocycles. The number of hydrogen-bond acceptors (Lipinski definition) is 4. The lowest BCUT2D eigenvalue weighted by Gasteiger charge is -2.14. The van der Waals surface area contributed by atoms with Crippen molar-refractivity contribution in [2.45, 2.75) is 33.1 Å². The van der Waals surface area contributed by atoms with Crippen LogP contribution in [0.4, 0.5) is 0 Å². The molecule has 0 radical (unpaired) electrons. The van der Waals surface area contributed by atoms with Gasteiger partial charge in [-0.1, -0.05) is 13.2 Å². The van der Waals surface area contributed by atoms with Crippen LogP contribution in [0, 0.1) is 0 Å². The fourth-order valence-electron chi connectivity index (χ4n) is 1.77. The Hall–Kier alpha value is -2.57. The number of carboxylic acids is 1. The van der Waals surface area contributed by atoms with Gasteiger partial charge in [0.2, 0.25) is 11.8 Å². The van der Waals surface area contributed by atoms with Crippen LogP contribution in [0.3, 0.4) is 0 Å². The molecule has 7 nitrogen and oxygen atoms in total. The summed E-state index contributed by atoms with van der Waals surface area (Å²) in [6, 6.07) is 0. The highest BCUT2D eigenvalue weighted by molar-refractivity contribution is 5.92. The van der Waals surface area contributed by atoms with Crippen LogP contribution in [-0.4, -0.2) is 42.5 Å². The molecule has 0 saturated heterocycles. The first-order valence-corrected chi connectivity index (χ1v) is 7.80. The molecule has 0 aliphatic rings. The van der Waals surface area contributed by atoms with Gasteiger partial charge in [0.1, 0.15) is 0 Å². The Kier molecular flexibility index (Phi) is 10.6. The van der Waals surface area contributed by atoms with Gasteiger partial charge < -0.3 is 21.1 Å². The van der Waals surface area contributed by atoms with E-state index in [1.54, 1.807) is 6.92 Å². The van der Waals surface area contributed by atoms with Gasteiger partial charge in [-0.25, -0.2) is 4.79 Å². The van der Waals surface area contributed by atoms with Gasteiger partial charge in [0, 0.05) is 30.9 Å². The number of carboxylic acid groups (broad SMARTS) is 1. The number of allylic oxidation sites excluding steroid dienone is 1. The summed E-state index contributed by atoms with van der Waals surface area (Å²) in [7, 11) is 0. The third kappa shape index (κ3) is 9.45. The van der Waals surface area contributed by atoms with Crippen LogP contribution >= 0.6 is 0 Å². The zero-order chi connectivity index (χ0) is 18.5. The van der Waals surface area contributed by atoms with E-state index in [4.69, 9.17) is 5.11 Å². The molecule has 0 unspecified atom stereocenters. The fraction of sp³-hybridized carbons (Fsp3) is 0.471. The van der Waals surface area contributed by atoms with Gasteiger partial charge in [-0.15, -0.1) is 0 Å². The predicted octanol–water partition coefficient (Wildman–Crippen LogP) is 1.10. The monoisotopic (exact) mass is 337 g/mol. The first kappa shape index (κ1) is 21.4. The molecule has 0 aliphatic heterocycles. The molecule has 4 N–H and O–H groups in total. The molecule has 0 atom stereocenters. The van der Waals surface area contributed by atoms with Crippen LogP contribution in [0.1, 0.15) is 33.1 Å². The number of nitrogens with one attached hydrogen (secondary N) is 3. The van der Waals surface area contributed by atoms with Gasteiger partial charge in [-0.05, 0) is 39.2 Å². The molecule has 0 aromatic carbocycles. The second-order valence-electron chi connectivity index (χ2n) is 5.32. The minimum Gasteiger partial charge on any atom is -0.478 e. The van der Waals surface area contributed by atoms with Gasteiger partial charge in [-0.2, -0.15) is 0 Å². The van der Waals surface area contributed by atoms with Crippen molar-refractivity contribution in [3.8, 4) is 0 Å². The number of carbonyl (C=O) groups is 3. The van der Waals surface area contributed by atoms with Crippen LogP contribution in [0.25, 0.3) is 0 Å². The maximum atomic E-state index is 11.3. The first-order valence-electron chi connectivity index (χ1n) is 7.80. The Morgan fingerprint density at radius 1 is 1.00 bits per heavy atom. The van der Waals surface area contributed by atoms with Crippen LogP contribution in [0.5, 0.6) is 0 Å². The topological polar surface area (TPSA) is 108 Å². The van der Waals surface area contributed by atoms with Crippen LogP contribution in [0.15, 0.2) is 36.1 Å². The van der Waals surface area contributed by atoms with Gasteiger partial charge in [0.15, 0.2) is 0 Å². The Bertz CT molecular complexity index is 524.